The average molecular weight is 175 g/mol. The van der Waals surface area contributed by atoms with Crippen molar-refractivity contribution in [3.63, 3.8) is 0 Å². The summed E-state index contributed by atoms with van der Waals surface area (Å²) >= 11 is 0. The SMILES string of the molecule is COCC(COC)NC(C)(C)C. The molecule has 0 aromatic heterocycles. The van der Waals surface area contributed by atoms with E-state index in [-0.39, 0.29) is 11.6 Å². The van der Waals surface area contributed by atoms with Gasteiger partial charge in [-0.05, 0) is 20.8 Å². The molecule has 0 saturated carbocycles. The van der Waals surface area contributed by atoms with Crippen molar-refractivity contribution < 1.29 is 9.47 Å². The third-order valence-electron chi connectivity index (χ3n) is 1.37. The van der Waals surface area contributed by atoms with E-state index < -0.39 is 0 Å². The summed E-state index contributed by atoms with van der Waals surface area (Å²) in [5.41, 5.74) is 0.113. The van der Waals surface area contributed by atoms with E-state index >= 15 is 0 Å². The quantitative estimate of drug-likeness (QED) is 0.677. The van der Waals surface area contributed by atoms with E-state index in [1.807, 2.05) is 0 Å². The lowest BCUT2D eigenvalue weighted by atomic mass is 10.1. The van der Waals surface area contributed by atoms with Gasteiger partial charge in [-0.1, -0.05) is 0 Å². The molecule has 0 bridgehead atoms. The van der Waals surface area contributed by atoms with E-state index in [1.165, 1.54) is 0 Å². The second kappa shape index (κ2) is 5.51. The third kappa shape index (κ3) is 6.58. The number of rotatable bonds is 5. The molecule has 0 saturated heterocycles. The van der Waals surface area contributed by atoms with Crippen molar-refractivity contribution in [1.29, 1.82) is 0 Å². The monoisotopic (exact) mass is 175 g/mol. The maximum absolute atomic E-state index is 5.06. The number of ether oxygens (including phenoxy) is 2. The molecule has 0 aromatic carbocycles. The van der Waals surface area contributed by atoms with Crippen LogP contribution in [-0.2, 0) is 9.47 Å². The Kier molecular flexibility index (Phi) is 5.46. The van der Waals surface area contributed by atoms with Crippen LogP contribution < -0.4 is 5.32 Å². The summed E-state index contributed by atoms with van der Waals surface area (Å²) in [6.07, 6.45) is 0. The molecule has 0 fully saturated rings. The van der Waals surface area contributed by atoms with Crippen molar-refractivity contribution in [2.75, 3.05) is 27.4 Å². The number of methoxy groups -OCH3 is 2. The molecule has 12 heavy (non-hydrogen) atoms. The Bertz CT molecular complexity index is 104. The van der Waals surface area contributed by atoms with Crippen molar-refractivity contribution in [1.82, 2.24) is 5.32 Å². The predicted octanol–water partition coefficient (Wildman–Crippen LogP) is 1.04. The van der Waals surface area contributed by atoms with Crippen LogP contribution in [0, 0.1) is 0 Å². The summed E-state index contributed by atoms with van der Waals surface area (Å²) in [5, 5.41) is 3.41. The molecule has 74 valence electrons. The molecule has 0 unspecified atom stereocenters. The van der Waals surface area contributed by atoms with Gasteiger partial charge < -0.3 is 14.8 Å². The molecule has 3 nitrogen and oxygen atoms in total. The predicted molar refractivity (Wildman–Crippen MR) is 50.4 cm³/mol. The third-order valence-corrected chi connectivity index (χ3v) is 1.37. The molecule has 0 aromatic rings. The van der Waals surface area contributed by atoms with E-state index in [0.717, 1.165) is 0 Å². The summed E-state index contributed by atoms with van der Waals surface area (Å²) in [6, 6.07) is 0.278. The highest BCUT2D eigenvalue weighted by Crippen LogP contribution is 2.01. The van der Waals surface area contributed by atoms with Gasteiger partial charge in [0.25, 0.3) is 0 Å². The van der Waals surface area contributed by atoms with E-state index in [4.69, 9.17) is 9.47 Å². The zero-order valence-corrected chi connectivity index (χ0v) is 8.81. The fraction of sp³-hybridized carbons (Fsp3) is 1.00. The Morgan fingerprint density at radius 3 is 1.75 bits per heavy atom. The largest absolute Gasteiger partial charge is 0.383 e. The highest BCUT2D eigenvalue weighted by atomic mass is 16.5. The lowest BCUT2D eigenvalue weighted by Crippen LogP contribution is -2.47. The summed E-state index contributed by atoms with van der Waals surface area (Å²) in [4.78, 5) is 0. The molecule has 1 N–H and O–H groups in total. The van der Waals surface area contributed by atoms with Crippen LogP contribution >= 0.6 is 0 Å². The first-order chi connectivity index (χ1) is 5.49. The Hall–Kier alpha value is -0.120. The molecule has 0 rings (SSSR count). The van der Waals surface area contributed by atoms with Gasteiger partial charge >= 0.3 is 0 Å². The molecule has 3 heteroatoms. The topological polar surface area (TPSA) is 30.5 Å². The first-order valence-corrected chi connectivity index (χ1v) is 4.25. The molecule has 0 aliphatic heterocycles. The zero-order chi connectivity index (χ0) is 9.61. The van der Waals surface area contributed by atoms with Gasteiger partial charge in [0.2, 0.25) is 0 Å². The van der Waals surface area contributed by atoms with Gasteiger partial charge in [0.1, 0.15) is 0 Å². The van der Waals surface area contributed by atoms with Crippen molar-refractivity contribution in [3.8, 4) is 0 Å². The summed E-state index contributed by atoms with van der Waals surface area (Å²) in [7, 11) is 3.40. The molecule has 0 amide bonds. The van der Waals surface area contributed by atoms with Crippen LogP contribution in [-0.4, -0.2) is 39.0 Å². The van der Waals surface area contributed by atoms with Crippen molar-refractivity contribution >= 4 is 0 Å². The standard InChI is InChI=1S/C9H21NO2/c1-9(2,3)10-8(6-11-4)7-12-5/h8,10H,6-7H2,1-5H3. The lowest BCUT2D eigenvalue weighted by Gasteiger charge is -2.27. The minimum Gasteiger partial charge on any atom is -0.383 e. The second-order valence-electron chi connectivity index (χ2n) is 4.00. The number of hydrogen-bond acceptors (Lipinski definition) is 3. The van der Waals surface area contributed by atoms with Gasteiger partial charge in [0.15, 0.2) is 0 Å². The van der Waals surface area contributed by atoms with Gasteiger partial charge in [0.05, 0.1) is 19.3 Å². The second-order valence-corrected chi connectivity index (χ2v) is 4.00. The van der Waals surface area contributed by atoms with Crippen LogP contribution in [0.2, 0.25) is 0 Å². The van der Waals surface area contributed by atoms with Crippen LogP contribution in [0.25, 0.3) is 0 Å². The number of nitrogens with one attached hydrogen (secondary N) is 1. The molecule has 0 aliphatic carbocycles. The molecule has 0 radical (unpaired) electrons. The molecular formula is C9H21NO2. The minimum atomic E-state index is 0.113. The summed E-state index contributed by atoms with van der Waals surface area (Å²) < 4.78 is 10.1. The maximum atomic E-state index is 5.06. The Labute approximate surface area is 75.4 Å². The molecular weight excluding hydrogens is 154 g/mol. The van der Waals surface area contributed by atoms with Crippen LogP contribution in [0.4, 0.5) is 0 Å². The molecule has 0 heterocycles. The van der Waals surface area contributed by atoms with Crippen molar-refractivity contribution in [2.45, 2.75) is 32.4 Å². The Morgan fingerprint density at radius 2 is 1.50 bits per heavy atom. The zero-order valence-electron chi connectivity index (χ0n) is 8.81. The van der Waals surface area contributed by atoms with E-state index in [0.29, 0.717) is 13.2 Å². The van der Waals surface area contributed by atoms with E-state index in [9.17, 15) is 0 Å². The van der Waals surface area contributed by atoms with Crippen LogP contribution in [0.5, 0.6) is 0 Å². The normalized spacial score (nSPS) is 12.5. The van der Waals surface area contributed by atoms with Crippen molar-refractivity contribution in [3.05, 3.63) is 0 Å². The van der Waals surface area contributed by atoms with Gasteiger partial charge in [-0.3, -0.25) is 0 Å². The minimum absolute atomic E-state index is 0.113. The maximum Gasteiger partial charge on any atom is 0.0638 e. The van der Waals surface area contributed by atoms with E-state index in [1.54, 1.807) is 14.2 Å². The van der Waals surface area contributed by atoms with Crippen molar-refractivity contribution in [2.24, 2.45) is 0 Å². The molecule has 0 aliphatic rings. The van der Waals surface area contributed by atoms with Gasteiger partial charge in [0, 0.05) is 19.8 Å². The van der Waals surface area contributed by atoms with Gasteiger partial charge in [-0.15, -0.1) is 0 Å². The van der Waals surface area contributed by atoms with Crippen LogP contribution in [0.15, 0.2) is 0 Å². The highest BCUT2D eigenvalue weighted by molar-refractivity contribution is 4.77. The average Bonchev–Trinajstić information content (AvgIpc) is 1.84. The summed E-state index contributed by atoms with van der Waals surface area (Å²) in [6.45, 7) is 7.76. The van der Waals surface area contributed by atoms with Gasteiger partial charge in [-0.2, -0.15) is 0 Å². The van der Waals surface area contributed by atoms with Crippen LogP contribution in [0.3, 0.4) is 0 Å². The first kappa shape index (κ1) is 11.9. The molecule has 0 spiro atoms. The Balaban J connectivity index is 3.77. The smallest absolute Gasteiger partial charge is 0.0638 e. The fourth-order valence-electron chi connectivity index (χ4n) is 1.15. The Morgan fingerprint density at radius 1 is 1.08 bits per heavy atom. The van der Waals surface area contributed by atoms with E-state index in [2.05, 4.69) is 26.1 Å². The molecule has 0 atom stereocenters. The van der Waals surface area contributed by atoms with Crippen LogP contribution in [0.1, 0.15) is 20.8 Å². The number of hydrogen-bond donors (Lipinski definition) is 1. The summed E-state index contributed by atoms with van der Waals surface area (Å²) in [5.74, 6) is 0. The van der Waals surface area contributed by atoms with Gasteiger partial charge in [-0.25, -0.2) is 0 Å². The lowest BCUT2D eigenvalue weighted by molar-refractivity contribution is 0.0911. The fourth-order valence-corrected chi connectivity index (χ4v) is 1.15. The highest BCUT2D eigenvalue weighted by Gasteiger charge is 2.16. The first-order valence-electron chi connectivity index (χ1n) is 4.25.